The highest BCUT2D eigenvalue weighted by Gasteiger charge is 2.74. The second kappa shape index (κ2) is 13.2. The summed E-state index contributed by atoms with van der Waals surface area (Å²) in [6.07, 6.45) is 5.24. The number of carbonyl (C=O) groups excluding carboxylic acids is 3. The van der Waals surface area contributed by atoms with Gasteiger partial charge < -0.3 is 29.4 Å². The maximum Gasteiger partial charge on any atom is 0.253 e. The highest BCUT2D eigenvalue weighted by atomic mass is 16.5. The predicted molar refractivity (Wildman–Crippen MR) is 161 cm³/mol. The van der Waals surface area contributed by atoms with E-state index in [2.05, 4.69) is 31.9 Å². The molecule has 0 aromatic heterocycles. The summed E-state index contributed by atoms with van der Waals surface area (Å²) in [7, 11) is 0. The van der Waals surface area contributed by atoms with Crippen LogP contribution in [0.25, 0.3) is 0 Å². The predicted octanol–water partition coefficient (Wildman–Crippen LogP) is 3.23. The van der Waals surface area contributed by atoms with E-state index in [1.54, 1.807) is 26.9 Å². The van der Waals surface area contributed by atoms with Gasteiger partial charge in [-0.05, 0) is 63.8 Å². The van der Waals surface area contributed by atoms with Crippen molar-refractivity contribution in [3.63, 3.8) is 0 Å². The van der Waals surface area contributed by atoms with Gasteiger partial charge in [0.15, 0.2) is 0 Å². The molecule has 3 aliphatic heterocycles. The van der Waals surface area contributed by atoms with E-state index >= 15 is 0 Å². The van der Waals surface area contributed by atoms with Crippen LogP contribution in [0, 0.1) is 11.8 Å². The highest BCUT2D eigenvalue weighted by molar-refractivity contribution is 6.05. The van der Waals surface area contributed by atoms with Crippen LogP contribution in [0.5, 0.6) is 0 Å². The van der Waals surface area contributed by atoms with Gasteiger partial charge in [0.1, 0.15) is 11.6 Å². The molecule has 0 radical (unpaired) electrons. The number of fused-ring (bicyclic) bond motifs is 1. The number of nitrogens with zero attached hydrogens (tertiary/aromatic N) is 4. The van der Waals surface area contributed by atoms with Crippen molar-refractivity contribution >= 4 is 29.1 Å². The Labute approximate surface area is 244 Å². The molecule has 41 heavy (non-hydrogen) atoms. The number of benzene rings is 1. The Kier molecular flexibility index (Phi) is 9.92. The normalized spacial score (nSPS) is 26.1. The fourth-order valence-electron chi connectivity index (χ4n) is 7.16. The molecule has 3 amide bonds. The van der Waals surface area contributed by atoms with Crippen LogP contribution in [0.2, 0.25) is 0 Å². The third-order valence-electron chi connectivity index (χ3n) is 8.90. The number of anilines is 2. The zero-order valence-corrected chi connectivity index (χ0v) is 24.8. The van der Waals surface area contributed by atoms with Crippen LogP contribution in [-0.2, 0) is 19.1 Å². The van der Waals surface area contributed by atoms with Crippen molar-refractivity contribution in [3.8, 4) is 0 Å². The van der Waals surface area contributed by atoms with E-state index < -0.39 is 29.6 Å². The lowest BCUT2D eigenvalue weighted by molar-refractivity contribution is -0.145. The van der Waals surface area contributed by atoms with Crippen LogP contribution < -0.4 is 9.80 Å². The average Bonchev–Trinajstić information content (AvgIpc) is 3.62. The first-order valence-electron chi connectivity index (χ1n) is 15.1. The molecule has 9 heteroatoms. The molecule has 5 atom stereocenters. The molecule has 0 aliphatic carbocycles. The summed E-state index contributed by atoms with van der Waals surface area (Å²) in [5.74, 6) is -1.97. The molecule has 1 spiro atoms. The number of rotatable bonds is 15. The number of hydrogen-bond acceptors (Lipinski definition) is 6. The molecule has 224 valence electrons. The Morgan fingerprint density at radius 3 is 2.32 bits per heavy atom. The highest BCUT2D eigenvalue weighted by Crippen LogP contribution is 2.59. The third kappa shape index (κ3) is 5.42. The summed E-state index contributed by atoms with van der Waals surface area (Å²) in [4.78, 5) is 49.8. The van der Waals surface area contributed by atoms with Crippen molar-refractivity contribution in [1.82, 2.24) is 9.80 Å². The number of hydrogen-bond donors (Lipinski definition) is 1. The van der Waals surface area contributed by atoms with Gasteiger partial charge in [0, 0.05) is 57.3 Å². The molecule has 3 fully saturated rings. The van der Waals surface area contributed by atoms with Crippen molar-refractivity contribution in [2.45, 2.75) is 64.2 Å². The van der Waals surface area contributed by atoms with Gasteiger partial charge >= 0.3 is 0 Å². The van der Waals surface area contributed by atoms with Crippen LogP contribution in [0.1, 0.15) is 46.5 Å². The van der Waals surface area contributed by atoms with Crippen molar-refractivity contribution in [2.24, 2.45) is 11.8 Å². The summed E-state index contributed by atoms with van der Waals surface area (Å²) in [5, 5.41) is 9.63. The molecule has 3 heterocycles. The molecule has 1 aromatic carbocycles. The second-order valence-electron chi connectivity index (χ2n) is 11.2. The van der Waals surface area contributed by atoms with E-state index in [-0.39, 0.29) is 37.4 Å². The molecule has 1 aromatic rings. The molecule has 4 rings (SSSR count). The van der Waals surface area contributed by atoms with Gasteiger partial charge in [-0.1, -0.05) is 19.1 Å². The Bertz CT molecular complexity index is 1120. The van der Waals surface area contributed by atoms with E-state index in [0.717, 1.165) is 25.2 Å². The van der Waals surface area contributed by atoms with Crippen molar-refractivity contribution in [1.29, 1.82) is 0 Å². The summed E-state index contributed by atoms with van der Waals surface area (Å²) < 4.78 is 6.60. The smallest absolute Gasteiger partial charge is 0.253 e. The van der Waals surface area contributed by atoms with E-state index in [1.807, 2.05) is 31.2 Å². The van der Waals surface area contributed by atoms with Gasteiger partial charge in [0.2, 0.25) is 11.8 Å². The molecule has 0 saturated carbocycles. The molecular formula is C32H46N4O5. The van der Waals surface area contributed by atoms with Crippen LogP contribution >= 0.6 is 0 Å². The SMILES string of the molecule is C=CCN(CCC)C(=O)[C@@H]1[C@@H]2CCC3(O2)C(C(=O)N(CC=C)c2ccc(N(CC)CC)cc2)N(CCCO)C(=O)[C@H]13. The van der Waals surface area contributed by atoms with E-state index in [4.69, 9.17) is 4.74 Å². The number of carbonyl (C=O) groups is 3. The lowest BCUT2D eigenvalue weighted by atomic mass is 9.70. The quantitative estimate of drug-likeness (QED) is 0.328. The molecule has 2 bridgehead atoms. The topological polar surface area (TPSA) is 93.6 Å². The van der Waals surface area contributed by atoms with Crippen molar-refractivity contribution in [2.75, 3.05) is 55.7 Å². The largest absolute Gasteiger partial charge is 0.396 e. The van der Waals surface area contributed by atoms with Crippen molar-refractivity contribution in [3.05, 3.63) is 49.6 Å². The second-order valence-corrected chi connectivity index (χ2v) is 11.2. The Hall–Kier alpha value is -3.17. The fraction of sp³-hybridized carbons (Fsp3) is 0.594. The standard InChI is InChI=1S/C32H46N4O5/c1-6-18-34(19-7-2)29(38)26-25-16-17-32(41-25)27(26)30(39)36(21-11-22-37)28(32)31(40)35(20-8-3)24-14-12-23(13-15-24)33(9-4)10-5/h6,8,12-15,25-28,37H,1,3,7,9-11,16-22H2,2,4-5H3/t25-,26+,27-,28?,32?/m0/s1. The number of amides is 3. The van der Waals surface area contributed by atoms with E-state index in [0.29, 0.717) is 38.0 Å². The summed E-state index contributed by atoms with van der Waals surface area (Å²) in [5.41, 5.74) is 0.695. The monoisotopic (exact) mass is 566 g/mol. The van der Waals surface area contributed by atoms with Crippen LogP contribution in [0.4, 0.5) is 11.4 Å². The summed E-state index contributed by atoms with van der Waals surface area (Å²) in [6, 6.07) is 6.97. The lowest BCUT2D eigenvalue weighted by Gasteiger charge is -2.37. The Morgan fingerprint density at radius 1 is 1.07 bits per heavy atom. The molecule has 9 nitrogen and oxygen atoms in total. The maximum absolute atomic E-state index is 14.5. The third-order valence-corrected chi connectivity index (χ3v) is 8.90. The molecule has 3 aliphatic rings. The Balaban J connectivity index is 1.72. The molecule has 3 saturated heterocycles. The number of aliphatic hydroxyl groups excluding tert-OH is 1. The average molecular weight is 567 g/mol. The van der Waals surface area contributed by atoms with Gasteiger partial charge in [-0.15, -0.1) is 13.2 Å². The maximum atomic E-state index is 14.5. The van der Waals surface area contributed by atoms with Crippen LogP contribution in [0.15, 0.2) is 49.6 Å². The van der Waals surface area contributed by atoms with Gasteiger partial charge in [0.25, 0.3) is 5.91 Å². The van der Waals surface area contributed by atoms with Gasteiger partial charge in [-0.2, -0.15) is 0 Å². The number of ether oxygens (including phenoxy) is 1. The van der Waals surface area contributed by atoms with Crippen LogP contribution in [-0.4, -0.2) is 96.3 Å². The van der Waals surface area contributed by atoms with E-state index in [9.17, 15) is 19.5 Å². The first-order chi connectivity index (χ1) is 19.8. The van der Waals surface area contributed by atoms with E-state index in [1.165, 1.54) is 0 Å². The zero-order valence-electron chi connectivity index (χ0n) is 24.8. The fourth-order valence-corrected chi connectivity index (χ4v) is 7.16. The molecule has 1 N–H and O–H groups in total. The number of aliphatic hydroxyl groups is 1. The minimum Gasteiger partial charge on any atom is -0.396 e. The first kappa shape index (κ1) is 30.8. The zero-order chi connectivity index (χ0) is 29.7. The number of likely N-dealkylation sites (tertiary alicyclic amines) is 1. The summed E-state index contributed by atoms with van der Waals surface area (Å²) >= 11 is 0. The minimum atomic E-state index is -1.08. The van der Waals surface area contributed by atoms with Crippen LogP contribution in [0.3, 0.4) is 0 Å². The van der Waals surface area contributed by atoms with Crippen molar-refractivity contribution < 1.29 is 24.2 Å². The molecular weight excluding hydrogens is 520 g/mol. The first-order valence-corrected chi connectivity index (χ1v) is 15.1. The van der Waals surface area contributed by atoms with Gasteiger partial charge in [0.05, 0.1) is 17.9 Å². The Morgan fingerprint density at radius 2 is 1.73 bits per heavy atom. The van der Waals surface area contributed by atoms with Gasteiger partial charge in [-0.25, -0.2) is 0 Å². The molecule has 2 unspecified atom stereocenters. The van der Waals surface area contributed by atoms with Gasteiger partial charge in [-0.3, -0.25) is 14.4 Å². The lowest BCUT2D eigenvalue weighted by Crippen LogP contribution is -2.56. The minimum absolute atomic E-state index is 0.109. The summed E-state index contributed by atoms with van der Waals surface area (Å²) in [6.45, 7) is 17.0.